The minimum absolute atomic E-state index is 0.114. The molecule has 0 radical (unpaired) electrons. The molecule has 2 aliphatic heterocycles. The van der Waals surface area contributed by atoms with Crippen LogP contribution in [0, 0.1) is 5.82 Å². The van der Waals surface area contributed by atoms with Crippen molar-refractivity contribution in [1.29, 1.82) is 0 Å². The summed E-state index contributed by atoms with van der Waals surface area (Å²) >= 11 is 0. The number of aliphatic hydroxyl groups is 1. The average Bonchev–Trinajstić information content (AvgIpc) is 2.82. The molecule has 0 amide bonds. The number of nitrogens with zero attached hydrogens (tertiary/aromatic N) is 1. The van der Waals surface area contributed by atoms with E-state index in [4.69, 9.17) is 4.74 Å². The highest BCUT2D eigenvalue weighted by Crippen LogP contribution is 2.38. The van der Waals surface area contributed by atoms with Crippen molar-refractivity contribution < 1.29 is 14.2 Å². The van der Waals surface area contributed by atoms with Crippen molar-refractivity contribution >= 4 is 0 Å². The van der Waals surface area contributed by atoms with Crippen LogP contribution < -0.4 is 4.74 Å². The highest BCUT2D eigenvalue weighted by atomic mass is 19.1. The summed E-state index contributed by atoms with van der Waals surface area (Å²) in [6, 6.07) is 4.82. The van der Waals surface area contributed by atoms with Gasteiger partial charge in [0.2, 0.25) is 0 Å². The molecule has 2 atom stereocenters. The fourth-order valence-electron chi connectivity index (χ4n) is 2.84. The van der Waals surface area contributed by atoms with Crippen molar-refractivity contribution in [2.75, 3.05) is 19.7 Å². The van der Waals surface area contributed by atoms with E-state index < -0.39 is 6.10 Å². The number of hydrogen-bond acceptors (Lipinski definition) is 3. The number of halogens is 1. The molecule has 0 aliphatic carbocycles. The zero-order valence-electron chi connectivity index (χ0n) is 9.60. The van der Waals surface area contributed by atoms with Crippen LogP contribution in [-0.2, 0) is 0 Å². The third-order valence-corrected chi connectivity index (χ3v) is 3.61. The Morgan fingerprint density at radius 2 is 2.06 bits per heavy atom. The van der Waals surface area contributed by atoms with Gasteiger partial charge in [-0.1, -0.05) is 12.1 Å². The molecule has 1 N–H and O–H groups in total. The summed E-state index contributed by atoms with van der Waals surface area (Å²) in [6.45, 7) is 2.12. The normalized spacial score (nSPS) is 28.8. The molecule has 0 aromatic heterocycles. The number of ether oxygens (including phenoxy) is 1. The van der Waals surface area contributed by atoms with Gasteiger partial charge in [0.05, 0.1) is 6.04 Å². The van der Waals surface area contributed by atoms with Crippen LogP contribution in [0.5, 0.6) is 5.75 Å². The number of rotatable bonds is 1. The van der Waals surface area contributed by atoms with Crippen LogP contribution in [0.4, 0.5) is 4.39 Å². The molecule has 1 aromatic rings. The minimum Gasteiger partial charge on any atom is -0.487 e. The molecule has 0 spiro atoms. The highest BCUT2D eigenvalue weighted by Gasteiger charge is 2.36. The third kappa shape index (κ3) is 1.81. The molecule has 2 aliphatic rings. The topological polar surface area (TPSA) is 32.7 Å². The molecule has 2 heterocycles. The Bertz CT molecular complexity index is 418. The number of likely N-dealkylation sites (tertiary alicyclic amines) is 1. The van der Waals surface area contributed by atoms with Gasteiger partial charge in [0, 0.05) is 5.56 Å². The molecule has 1 fully saturated rings. The molecule has 3 rings (SSSR count). The Labute approximate surface area is 99.8 Å². The van der Waals surface area contributed by atoms with Crippen LogP contribution in [0.3, 0.4) is 0 Å². The van der Waals surface area contributed by atoms with Crippen molar-refractivity contribution in [3.8, 4) is 5.75 Å². The lowest BCUT2D eigenvalue weighted by Gasteiger charge is -2.36. The Morgan fingerprint density at radius 1 is 1.29 bits per heavy atom. The van der Waals surface area contributed by atoms with Crippen LogP contribution in [0.15, 0.2) is 18.2 Å². The Hall–Kier alpha value is -1.13. The smallest absolute Gasteiger partial charge is 0.165 e. The maximum absolute atomic E-state index is 13.6. The van der Waals surface area contributed by atoms with Gasteiger partial charge in [0.15, 0.2) is 11.6 Å². The van der Waals surface area contributed by atoms with Crippen LogP contribution in [0.2, 0.25) is 0 Å². The molecule has 0 bridgehead atoms. The lowest BCUT2D eigenvalue weighted by Crippen LogP contribution is -2.41. The van der Waals surface area contributed by atoms with E-state index in [9.17, 15) is 9.50 Å². The molecule has 92 valence electrons. The first-order valence-electron chi connectivity index (χ1n) is 6.10. The molecule has 0 saturated carbocycles. The Balaban J connectivity index is 2.00. The van der Waals surface area contributed by atoms with E-state index in [1.807, 2.05) is 6.07 Å². The second-order valence-electron chi connectivity index (χ2n) is 4.72. The first-order chi connectivity index (χ1) is 8.27. The van der Waals surface area contributed by atoms with Crippen LogP contribution in [-0.4, -0.2) is 35.8 Å². The fourth-order valence-corrected chi connectivity index (χ4v) is 2.84. The molecular formula is C13H16FNO2. The lowest BCUT2D eigenvalue weighted by molar-refractivity contribution is 0.00700. The molecule has 17 heavy (non-hydrogen) atoms. The van der Waals surface area contributed by atoms with Crippen LogP contribution in [0.25, 0.3) is 0 Å². The van der Waals surface area contributed by atoms with Crippen LogP contribution in [0.1, 0.15) is 24.4 Å². The van der Waals surface area contributed by atoms with E-state index in [0.29, 0.717) is 5.75 Å². The summed E-state index contributed by atoms with van der Waals surface area (Å²) in [5, 5.41) is 10.1. The van der Waals surface area contributed by atoms with Gasteiger partial charge in [0.1, 0.15) is 12.7 Å². The van der Waals surface area contributed by atoms with E-state index >= 15 is 0 Å². The monoisotopic (exact) mass is 237 g/mol. The van der Waals surface area contributed by atoms with Crippen molar-refractivity contribution in [3.63, 3.8) is 0 Å². The van der Waals surface area contributed by atoms with E-state index in [2.05, 4.69) is 4.90 Å². The summed E-state index contributed by atoms with van der Waals surface area (Å²) in [5.41, 5.74) is 0.783. The zero-order chi connectivity index (χ0) is 11.8. The first-order valence-corrected chi connectivity index (χ1v) is 6.10. The van der Waals surface area contributed by atoms with E-state index in [0.717, 1.165) is 31.5 Å². The van der Waals surface area contributed by atoms with Crippen molar-refractivity contribution in [2.24, 2.45) is 0 Å². The second kappa shape index (κ2) is 4.27. The first kappa shape index (κ1) is 11.0. The van der Waals surface area contributed by atoms with Crippen molar-refractivity contribution in [3.05, 3.63) is 29.6 Å². The summed E-state index contributed by atoms with van der Waals surface area (Å²) < 4.78 is 18.9. The van der Waals surface area contributed by atoms with Gasteiger partial charge in [0.25, 0.3) is 0 Å². The predicted molar refractivity (Wildman–Crippen MR) is 61.4 cm³/mol. The fraction of sp³-hybridized carbons (Fsp3) is 0.538. The molecule has 1 aromatic carbocycles. The molecule has 1 saturated heterocycles. The maximum Gasteiger partial charge on any atom is 0.165 e. The van der Waals surface area contributed by atoms with Crippen molar-refractivity contribution in [1.82, 2.24) is 4.90 Å². The molecular weight excluding hydrogens is 221 g/mol. The standard InChI is InChI=1S/C13H16FNO2/c14-10-5-3-4-9-12(15-6-1-2-7-15)11(16)8-17-13(9)10/h3-5,11-12,16H,1-2,6-8H2. The zero-order valence-corrected chi connectivity index (χ0v) is 9.60. The van der Waals surface area contributed by atoms with Gasteiger partial charge >= 0.3 is 0 Å². The average molecular weight is 237 g/mol. The Kier molecular flexibility index (Phi) is 2.76. The molecule has 4 heteroatoms. The summed E-state index contributed by atoms with van der Waals surface area (Å²) in [4.78, 5) is 2.23. The minimum atomic E-state index is -0.567. The summed E-state index contributed by atoms with van der Waals surface area (Å²) in [7, 11) is 0. The summed E-state index contributed by atoms with van der Waals surface area (Å²) in [6.07, 6.45) is 1.73. The number of fused-ring (bicyclic) bond motifs is 1. The van der Waals surface area contributed by atoms with Gasteiger partial charge < -0.3 is 9.84 Å². The highest BCUT2D eigenvalue weighted by molar-refractivity contribution is 5.40. The molecule has 3 nitrogen and oxygen atoms in total. The van der Waals surface area contributed by atoms with E-state index in [1.54, 1.807) is 6.07 Å². The van der Waals surface area contributed by atoms with E-state index in [-0.39, 0.29) is 18.5 Å². The number of benzene rings is 1. The largest absolute Gasteiger partial charge is 0.487 e. The van der Waals surface area contributed by atoms with Gasteiger partial charge in [-0.2, -0.15) is 0 Å². The van der Waals surface area contributed by atoms with E-state index in [1.165, 1.54) is 6.07 Å². The maximum atomic E-state index is 13.6. The van der Waals surface area contributed by atoms with Gasteiger partial charge in [-0.15, -0.1) is 0 Å². The quantitative estimate of drug-likeness (QED) is 0.807. The Morgan fingerprint density at radius 3 is 2.82 bits per heavy atom. The van der Waals surface area contributed by atoms with Crippen LogP contribution >= 0.6 is 0 Å². The van der Waals surface area contributed by atoms with Gasteiger partial charge in [-0.05, 0) is 32.0 Å². The van der Waals surface area contributed by atoms with Crippen molar-refractivity contribution in [2.45, 2.75) is 25.0 Å². The lowest BCUT2D eigenvalue weighted by atomic mass is 9.96. The third-order valence-electron chi connectivity index (χ3n) is 3.61. The van der Waals surface area contributed by atoms with Gasteiger partial charge in [-0.25, -0.2) is 4.39 Å². The number of hydrogen-bond donors (Lipinski definition) is 1. The van der Waals surface area contributed by atoms with Gasteiger partial charge in [-0.3, -0.25) is 4.90 Å². The second-order valence-corrected chi connectivity index (χ2v) is 4.72. The predicted octanol–water partition coefficient (Wildman–Crippen LogP) is 1.72. The number of para-hydroxylation sites is 1. The molecule has 2 unspecified atom stereocenters. The SMILES string of the molecule is OC1COc2c(F)cccc2C1N1CCCC1. The summed E-state index contributed by atoms with van der Waals surface area (Å²) in [5.74, 6) is -0.0201. The number of aliphatic hydroxyl groups excluding tert-OH is 1.